The van der Waals surface area contributed by atoms with E-state index in [2.05, 4.69) is 30.4 Å². The van der Waals surface area contributed by atoms with Gasteiger partial charge in [0.15, 0.2) is 5.82 Å². The molecule has 4 N–H and O–H groups in total. The molecule has 0 unspecified atom stereocenters. The lowest BCUT2D eigenvalue weighted by Gasteiger charge is -2.13. The molecule has 0 saturated heterocycles. The minimum absolute atomic E-state index is 0.0165. The smallest absolute Gasteiger partial charge is 0.404 e. The Balaban J connectivity index is 1.73. The Bertz CT molecular complexity index is 1430. The van der Waals surface area contributed by atoms with Crippen LogP contribution in [-0.4, -0.2) is 57.2 Å². The Labute approximate surface area is 218 Å². The monoisotopic (exact) mass is 551 g/mol. The van der Waals surface area contributed by atoms with E-state index in [1.807, 2.05) is 13.8 Å². The van der Waals surface area contributed by atoms with E-state index in [-0.39, 0.29) is 40.5 Å². The topological polar surface area (TPSA) is 151 Å². The standard InChI is InChI=1S/C23H27ClFN7O4S/c1-12(2)32-11-17(18-6-7-26-22(29-18)27-10-13(3)28-23(33)34)21(30-32)16-8-14(24)9-19(20(16)25)31-37(35,36)15-4-5-15/h6-9,11-13,15,28,31H,4-5,10H2,1-3H3,(H,33,34)(H,26,27,29)/t13-/m0/s1. The van der Waals surface area contributed by atoms with E-state index in [4.69, 9.17) is 16.7 Å². The second-order valence-corrected chi connectivity index (χ2v) is 11.5. The molecule has 1 amide bonds. The highest BCUT2D eigenvalue weighted by Crippen LogP contribution is 2.38. The second kappa shape index (κ2) is 10.5. The van der Waals surface area contributed by atoms with Gasteiger partial charge in [0.2, 0.25) is 16.0 Å². The van der Waals surface area contributed by atoms with Crippen LogP contribution in [0.1, 0.15) is 39.7 Å². The number of halogens is 2. The van der Waals surface area contributed by atoms with Gasteiger partial charge in [0.1, 0.15) is 5.69 Å². The fraction of sp³-hybridized carbons (Fsp3) is 0.391. The van der Waals surface area contributed by atoms with Crippen molar-refractivity contribution in [2.24, 2.45) is 0 Å². The number of sulfonamides is 1. The van der Waals surface area contributed by atoms with Crippen LogP contribution in [0.2, 0.25) is 5.02 Å². The molecule has 198 valence electrons. The van der Waals surface area contributed by atoms with Crippen molar-refractivity contribution < 1.29 is 22.7 Å². The van der Waals surface area contributed by atoms with Crippen LogP contribution in [0.15, 0.2) is 30.6 Å². The number of amides is 1. The summed E-state index contributed by atoms with van der Waals surface area (Å²) >= 11 is 6.28. The average Bonchev–Trinajstić information content (AvgIpc) is 3.59. The molecule has 3 aromatic rings. The molecule has 11 nitrogen and oxygen atoms in total. The molecule has 0 bridgehead atoms. The molecule has 1 aromatic carbocycles. The van der Waals surface area contributed by atoms with Crippen LogP contribution in [-0.2, 0) is 10.0 Å². The van der Waals surface area contributed by atoms with E-state index in [0.717, 1.165) is 0 Å². The maximum atomic E-state index is 15.7. The molecule has 1 aliphatic carbocycles. The van der Waals surface area contributed by atoms with Gasteiger partial charge in [-0.25, -0.2) is 27.6 Å². The van der Waals surface area contributed by atoms with Crippen molar-refractivity contribution >= 4 is 39.4 Å². The first-order valence-electron chi connectivity index (χ1n) is 11.6. The first-order valence-corrected chi connectivity index (χ1v) is 13.5. The molecule has 2 heterocycles. The SMILES string of the molecule is CC(C)n1cc(-c2ccnc(NC[C@H](C)NC(=O)O)n2)c(-c2cc(Cl)cc(NS(=O)(=O)C3CC3)c2F)n1. The van der Waals surface area contributed by atoms with Crippen molar-refractivity contribution in [1.82, 2.24) is 25.1 Å². The van der Waals surface area contributed by atoms with Crippen molar-refractivity contribution in [3.8, 4) is 22.5 Å². The van der Waals surface area contributed by atoms with Crippen molar-refractivity contribution in [1.29, 1.82) is 0 Å². The van der Waals surface area contributed by atoms with Crippen molar-refractivity contribution in [3.05, 3.63) is 41.4 Å². The summed E-state index contributed by atoms with van der Waals surface area (Å²) in [6.45, 7) is 5.75. The fourth-order valence-corrected chi connectivity index (χ4v) is 5.19. The lowest BCUT2D eigenvalue weighted by Crippen LogP contribution is -2.36. The van der Waals surface area contributed by atoms with Crippen LogP contribution < -0.4 is 15.4 Å². The number of nitrogens with one attached hydrogen (secondary N) is 3. The molecule has 0 spiro atoms. The number of anilines is 2. The number of carbonyl (C=O) groups is 1. The maximum Gasteiger partial charge on any atom is 0.404 e. The molecule has 2 aromatic heterocycles. The fourth-order valence-electron chi connectivity index (χ4n) is 3.59. The summed E-state index contributed by atoms with van der Waals surface area (Å²) in [5, 5.41) is 18.3. The predicted molar refractivity (Wildman–Crippen MR) is 139 cm³/mol. The molecular weight excluding hydrogens is 525 g/mol. The molecular formula is C23H27ClFN7O4S. The highest BCUT2D eigenvalue weighted by Gasteiger charge is 2.36. The van der Waals surface area contributed by atoms with Crippen molar-refractivity contribution in [2.45, 2.75) is 50.9 Å². The zero-order chi connectivity index (χ0) is 26.9. The van der Waals surface area contributed by atoms with Gasteiger partial charge in [-0.1, -0.05) is 11.6 Å². The lowest BCUT2D eigenvalue weighted by molar-refractivity contribution is 0.191. The number of rotatable bonds is 10. The van der Waals surface area contributed by atoms with Crippen LogP contribution in [0.5, 0.6) is 0 Å². The Hall–Kier alpha value is -3.45. The zero-order valence-corrected chi connectivity index (χ0v) is 21.9. The van der Waals surface area contributed by atoms with E-state index in [0.29, 0.717) is 24.1 Å². The first kappa shape index (κ1) is 26.6. The summed E-state index contributed by atoms with van der Waals surface area (Å²) in [6.07, 6.45) is 3.15. The van der Waals surface area contributed by atoms with E-state index in [1.165, 1.54) is 18.3 Å². The summed E-state index contributed by atoms with van der Waals surface area (Å²) in [6, 6.07) is 3.79. The van der Waals surface area contributed by atoms with Gasteiger partial charge >= 0.3 is 6.09 Å². The Morgan fingerprint density at radius 2 is 2.00 bits per heavy atom. The van der Waals surface area contributed by atoms with Crippen LogP contribution >= 0.6 is 11.6 Å². The van der Waals surface area contributed by atoms with Gasteiger partial charge in [0.05, 0.1) is 16.6 Å². The molecule has 1 aliphatic rings. The average molecular weight is 552 g/mol. The minimum atomic E-state index is -3.72. The van der Waals surface area contributed by atoms with Crippen LogP contribution in [0, 0.1) is 5.82 Å². The van der Waals surface area contributed by atoms with Crippen molar-refractivity contribution in [3.63, 3.8) is 0 Å². The van der Waals surface area contributed by atoms with Crippen LogP contribution in [0.3, 0.4) is 0 Å². The second-order valence-electron chi connectivity index (χ2n) is 9.12. The van der Waals surface area contributed by atoms with Gasteiger partial charge < -0.3 is 15.7 Å². The third kappa shape index (κ3) is 6.28. The van der Waals surface area contributed by atoms with Crippen molar-refractivity contribution in [2.75, 3.05) is 16.6 Å². The van der Waals surface area contributed by atoms with E-state index in [1.54, 1.807) is 23.9 Å². The predicted octanol–water partition coefficient (Wildman–Crippen LogP) is 4.35. The number of carboxylic acid groups (broad SMARTS) is 1. The number of hydrogen-bond donors (Lipinski definition) is 4. The van der Waals surface area contributed by atoms with Gasteiger partial charge in [-0.3, -0.25) is 9.40 Å². The summed E-state index contributed by atoms with van der Waals surface area (Å²) in [4.78, 5) is 19.5. The number of aromatic nitrogens is 4. The molecule has 4 rings (SSSR count). The largest absolute Gasteiger partial charge is 0.465 e. The van der Waals surface area contributed by atoms with E-state index in [9.17, 15) is 13.2 Å². The van der Waals surface area contributed by atoms with Crippen LogP contribution in [0.25, 0.3) is 22.5 Å². The number of nitrogens with zero attached hydrogens (tertiary/aromatic N) is 4. The van der Waals surface area contributed by atoms with E-state index < -0.39 is 33.2 Å². The summed E-state index contributed by atoms with van der Waals surface area (Å²) in [7, 11) is -3.72. The molecule has 1 saturated carbocycles. The third-order valence-corrected chi connectivity index (χ3v) is 7.71. The molecule has 0 radical (unpaired) electrons. The van der Waals surface area contributed by atoms with Gasteiger partial charge in [0, 0.05) is 47.2 Å². The number of benzene rings is 1. The molecule has 37 heavy (non-hydrogen) atoms. The van der Waals surface area contributed by atoms with E-state index >= 15 is 4.39 Å². The van der Waals surface area contributed by atoms with Crippen LogP contribution in [0.4, 0.5) is 20.8 Å². The number of hydrogen-bond acceptors (Lipinski definition) is 7. The Kier molecular flexibility index (Phi) is 7.55. The highest BCUT2D eigenvalue weighted by molar-refractivity contribution is 7.93. The quantitative estimate of drug-likeness (QED) is 0.290. The lowest BCUT2D eigenvalue weighted by atomic mass is 10.0. The summed E-state index contributed by atoms with van der Waals surface area (Å²) in [5.41, 5.74) is 0.907. The van der Waals surface area contributed by atoms with Gasteiger partial charge in [0.25, 0.3) is 0 Å². The molecule has 1 atom stereocenters. The Morgan fingerprint density at radius 3 is 2.65 bits per heavy atom. The summed E-state index contributed by atoms with van der Waals surface area (Å²) in [5.74, 6) is -0.561. The zero-order valence-electron chi connectivity index (χ0n) is 20.4. The Morgan fingerprint density at radius 1 is 1.27 bits per heavy atom. The normalized spacial score (nSPS) is 14.4. The minimum Gasteiger partial charge on any atom is -0.465 e. The molecule has 1 fully saturated rings. The molecule has 14 heteroatoms. The highest BCUT2D eigenvalue weighted by atomic mass is 35.5. The van der Waals surface area contributed by atoms with Gasteiger partial charge in [-0.15, -0.1) is 0 Å². The third-order valence-electron chi connectivity index (χ3n) is 5.64. The first-order chi connectivity index (χ1) is 17.4. The van der Waals surface area contributed by atoms with Gasteiger partial charge in [-0.2, -0.15) is 5.10 Å². The molecule has 0 aliphatic heterocycles. The summed E-state index contributed by atoms with van der Waals surface area (Å²) < 4.78 is 44.6. The maximum absolute atomic E-state index is 15.7. The van der Waals surface area contributed by atoms with Gasteiger partial charge in [-0.05, 0) is 51.8 Å².